The Hall–Kier alpha value is -2.71. The minimum atomic E-state index is -3.91. The van der Waals surface area contributed by atoms with Gasteiger partial charge in [0, 0.05) is 10.5 Å². The highest BCUT2D eigenvalue weighted by atomic mass is 79.9. The van der Waals surface area contributed by atoms with Gasteiger partial charge in [-0.05, 0) is 54.1 Å². The number of ether oxygens (including phenoxy) is 3. The highest BCUT2D eigenvalue weighted by Gasteiger charge is 2.28. The van der Waals surface area contributed by atoms with Gasteiger partial charge in [0.15, 0.2) is 0 Å². The van der Waals surface area contributed by atoms with Crippen LogP contribution < -0.4 is 18.5 Å². The molecular weight excluding hydrogens is 470 g/mol. The molecule has 0 spiro atoms. The molecule has 0 heterocycles. The molecular formula is C22H22BrNO5S. The molecule has 0 N–H and O–H groups in total. The highest BCUT2D eigenvalue weighted by molar-refractivity contribution is 9.10. The van der Waals surface area contributed by atoms with E-state index < -0.39 is 10.0 Å². The first kappa shape index (κ1) is 22.0. The first-order valence-corrected chi connectivity index (χ1v) is 11.3. The van der Waals surface area contributed by atoms with Crippen molar-refractivity contribution < 1.29 is 22.6 Å². The van der Waals surface area contributed by atoms with Crippen LogP contribution in [0.15, 0.2) is 76.1 Å². The van der Waals surface area contributed by atoms with Crippen molar-refractivity contribution in [3.05, 3.63) is 76.8 Å². The zero-order valence-electron chi connectivity index (χ0n) is 16.8. The summed E-state index contributed by atoms with van der Waals surface area (Å²) in [5, 5.41) is 0. The Morgan fingerprint density at radius 1 is 0.800 bits per heavy atom. The molecule has 0 fully saturated rings. The maximum absolute atomic E-state index is 13.7. The number of sulfonamides is 1. The molecule has 3 aromatic carbocycles. The van der Waals surface area contributed by atoms with Gasteiger partial charge in [-0.2, -0.15) is 0 Å². The summed E-state index contributed by atoms with van der Waals surface area (Å²) in [6.45, 7) is 0.116. The highest BCUT2D eigenvalue weighted by Crippen LogP contribution is 2.37. The summed E-state index contributed by atoms with van der Waals surface area (Å²) in [6, 6.07) is 18.8. The van der Waals surface area contributed by atoms with Gasteiger partial charge in [0.25, 0.3) is 10.0 Å². The minimum absolute atomic E-state index is 0.116. The van der Waals surface area contributed by atoms with E-state index in [0.717, 1.165) is 10.0 Å². The van der Waals surface area contributed by atoms with Crippen LogP contribution in [0.2, 0.25) is 0 Å². The van der Waals surface area contributed by atoms with Crippen molar-refractivity contribution in [2.75, 3.05) is 25.6 Å². The van der Waals surface area contributed by atoms with Gasteiger partial charge in [0.2, 0.25) is 0 Å². The van der Waals surface area contributed by atoms with Gasteiger partial charge in [0.05, 0.1) is 38.5 Å². The fourth-order valence-corrected chi connectivity index (χ4v) is 4.64. The van der Waals surface area contributed by atoms with Crippen LogP contribution in [0.25, 0.3) is 0 Å². The quantitative estimate of drug-likeness (QED) is 0.449. The number of halogens is 1. The summed E-state index contributed by atoms with van der Waals surface area (Å²) >= 11 is 3.41. The maximum atomic E-state index is 13.7. The summed E-state index contributed by atoms with van der Waals surface area (Å²) in [6.07, 6.45) is 0. The maximum Gasteiger partial charge on any atom is 0.264 e. The van der Waals surface area contributed by atoms with Crippen molar-refractivity contribution in [3.63, 3.8) is 0 Å². The van der Waals surface area contributed by atoms with Gasteiger partial charge in [-0.3, -0.25) is 4.31 Å². The molecule has 158 valence electrons. The Bertz CT molecular complexity index is 1100. The smallest absolute Gasteiger partial charge is 0.264 e. The van der Waals surface area contributed by atoms with Crippen molar-refractivity contribution >= 4 is 31.6 Å². The van der Waals surface area contributed by atoms with E-state index in [9.17, 15) is 8.42 Å². The summed E-state index contributed by atoms with van der Waals surface area (Å²) in [7, 11) is 0.651. The largest absolute Gasteiger partial charge is 0.497 e. The molecule has 0 bridgehead atoms. The Morgan fingerprint density at radius 2 is 1.40 bits per heavy atom. The molecule has 0 aliphatic carbocycles. The first-order chi connectivity index (χ1) is 14.4. The van der Waals surface area contributed by atoms with E-state index in [2.05, 4.69) is 15.9 Å². The van der Waals surface area contributed by atoms with E-state index >= 15 is 0 Å². The third-order valence-corrected chi connectivity index (χ3v) is 6.84. The molecule has 0 aromatic heterocycles. The molecule has 0 saturated carbocycles. The van der Waals surface area contributed by atoms with E-state index in [-0.39, 0.29) is 11.4 Å². The predicted molar refractivity (Wildman–Crippen MR) is 120 cm³/mol. The SMILES string of the molecule is COc1ccc(S(=O)(=O)N(Cc2ccc(Br)cc2)c2cc(OC)ccc2OC)cc1. The van der Waals surface area contributed by atoms with Crippen LogP contribution in [-0.2, 0) is 16.6 Å². The second-order valence-electron chi connectivity index (χ2n) is 6.35. The zero-order chi connectivity index (χ0) is 21.7. The number of methoxy groups -OCH3 is 3. The Balaban J connectivity index is 2.14. The summed E-state index contributed by atoms with van der Waals surface area (Å²) in [5.74, 6) is 1.52. The minimum Gasteiger partial charge on any atom is -0.497 e. The number of hydrogen-bond donors (Lipinski definition) is 0. The standard InChI is InChI=1S/C22H22BrNO5S/c1-27-18-8-11-20(12-9-18)30(25,26)24(15-16-4-6-17(23)7-5-16)21-14-19(28-2)10-13-22(21)29-3/h4-14H,15H2,1-3H3. The van der Waals surface area contributed by atoms with E-state index in [0.29, 0.717) is 22.9 Å². The van der Waals surface area contributed by atoms with Crippen molar-refractivity contribution in [1.82, 2.24) is 0 Å². The van der Waals surface area contributed by atoms with Crippen molar-refractivity contribution in [1.29, 1.82) is 0 Å². The molecule has 0 saturated heterocycles. The molecule has 3 rings (SSSR count). The molecule has 0 aliphatic heterocycles. The first-order valence-electron chi connectivity index (χ1n) is 9.02. The van der Waals surface area contributed by atoms with Crippen molar-refractivity contribution in [2.24, 2.45) is 0 Å². The number of nitrogens with zero attached hydrogens (tertiary/aromatic N) is 1. The van der Waals surface area contributed by atoms with E-state index in [1.807, 2.05) is 24.3 Å². The molecule has 0 atom stereocenters. The number of rotatable bonds is 8. The molecule has 0 amide bonds. The monoisotopic (exact) mass is 491 g/mol. The van der Waals surface area contributed by atoms with E-state index in [1.54, 1.807) is 30.3 Å². The van der Waals surface area contributed by atoms with Gasteiger partial charge in [0.1, 0.15) is 17.2 Å². The normalized spacial score (nSPS) is 11.1. The lowest BCUT2D eigenvalue weighted by Crippen LogP contribution is -2.31. The van der Waals surface area contributed by atoms with Gasteiger partial charge in [-0.15, -0.1) is 0 Å². The Labute approximate surface area is 185 Å². The molecule has 6 nitrogen and oxygen atoms in total. The van der Waals surface area contributed by atoms with E-state index in [1.165, 1.54) is 37.8 Å². The van der Waals surface area contributed by atoms with Gasteiger partial charge in [-0.1, -0.05) is 28.1 Å². The zero-order valence-corrected chi connectivity index (χ0v) is 19.2. The fourth-order valence-electron chi connectivity index (χ4n) is 2.92. The molecule has 0 aliphatic rings. The Morgan fingerprint density at radius 3 is 1.97 bits per heavy atom. The molecule has 30 heavy (non-hydrogen) atoms. The van der Waals surface area contributed by atoms with Crippen molar-refractivity contribution in [3.8, 4) is 17.2 Å². The topological polar surface area (TPSA) is 65.1 Å². The van der Waals surface area contributed by atoms with E-state index in [4.69, 9.17) is 14.2 Å². The number of benzene rings is 3. The number of hydrogen-bond acceptors (Lipinski definition) is 5. The fraction of sp³-hybridized carbons (Fsp3) is 0.182. The lowest BCUT2D eigenvalue weighted by Gasteiger charge is -2.26. The van der Waals surface area contributed by atoms with Crippen LogP contribution in [0.3, 0.4) is 0 Å². The summed E-state index contributed by atoms with van der Waals surface area (Å²) in [5.41, 5.74) is 1.20. The molecule has 0 unspecified atom stereocenters. The third kappa shape index (κ3) is 4.71. The summed E-state index contributed by atoms with van der Waals surface area (Å²) in [4.78, 5) is 0.144. The van der Waals surface area contributed by atoms with Crippen LogP contribution in [0.4, 0.5) is 5.69 Å². The summed E-state index contributed by atoms with van der Waals surface area (Å²) < 4.78 is 45.5. The van der Waals surface area contributed by atoms with Crippen LogP contribution in [0.1, 0.15) is 5.56 Å². The second-order valence-corrected chi connectivity index (χ2v) is 9.13. The molecule has 8 heteroatoms. The van der Waals surface area contributed by atoms with Gasteiger partial charge in [-0.25, -0.2) is 8.42 Å². The third-order valence-electron chi connectivity index (χ3n) is 4.54. The van der Waals surface area contributed by atoms with Crippen LogP contribution in [-0.4, -0.2) is 29.7 Å². The van der Waals surface area contributed by atoms with Crippen LogP contribution >= 0.6 is 15.9 Å². The average molecular weight is 492 g/mol. The predicted octanol–water partition coefficient (Wildman–Crippen LogP) is 4.87. The second kappa shape index (κ2) is 9.40. The van der Waals surface area contributed by atoms with Crippen LogP contribution in [0.5, 0.6) is 17.2 Å². The lowest BCUT2D eigenvalue weighted by atomic mass is 10.2. The average Bonchev–Trinajstić information content (AvgIpc) is 2.78. The van der Waals surface area contributed by atoms with Gasteiger partial charge < -0.3 is 14.2 Å². The molecule has 3 aromatic rings. The number of anilines is 1. The Kier molecular flexibility index (Phi) is 6.89. The van der Waals surface area contributed by atoms with Crippen molar-refractivity contribution in [2.45, 2.75) is 11.4 Å². The lowest BCUT2D eigenvalue weighted by molar-refractivity contribution is 0.403. The van der Waals surface area contributed by atoms with Gasteiger partial charge >= 0.3 is 0 Å². The van der Waals surface area contributed by atoms with Crippen LogP contribution in [0, 0.1) is 0 Å². The molecule has 0 radical (unpaired) electrons.